The summed E-state index contributed by atoms with van der Waals surface area (Å²) in [6.45, 7) is 4.57. The van der Waals surface area contributed by atoms with E-state index in [-0.39, 0.29) is 0 Å². The molecule has 1 aliphatic rings. The first-order valence-electron chi connectivity index (χ1n) is 10.3. The molecule has 3 rings (SSSR count). The van der Waals surface area contributed by atoms with Crippen LogP contribution in [-0.4, -0.2) is 29.5 Å². The molecule has 0 aliphatic carbocycles. The van der Waals surface area contributed by atoms with Crippen LogP contribution in [0.25, 0.3) is 0 Å². The van der Waals surface area contributed by atoms with Crippen molar-refractivity contribution in [3.05, 3.63) is 65.7 Å². The van der Waals surface area contributed by atoms with Crippen LogP contribution < -0.4 is 15.5 Å². The highest BCUT2D eigenvalue weighted by molar-refractivity contribution is 6.09. The number of carbonyl (C=O) groups excluding carboxylic acids is 3. The molecule has 1 fully saturated rings. The van der Waals surface area contributed by atoms with Gasteiger partial charge in [0.25, 0.3) is 11.8 Å². The summed E-state index contributed by atoms with van der Waals surface area (Å²) in [7, 11) is 0. The first kappa shape index (κ1) is 21.4. The summed E-state index contributed by atoms with van der Waals surface area (Å²) in [4.78, 5) is 38.2. The molecule has 0 radical (unpaired) electrons. The van der Waals surface area contributed by atoms with Gasteiger partial charge in [-0.15, -0.1) is 0 Å². The predicted molar refractivity (Wildman–Crippen MR) is 113 cm³/mol. The number of urea groups is 1. The van der Waals surface area contributed by atoms with E-state index < -0.39 is 23.4 Å². The molecule has 1 atom stereocenters. The van der Waals surface area contributed by atoms with Crippen molar-refractivity contribution in [1.82, 2.24) is 15.8 Å². The normalized spacial score (nSPS) is 18.3. The smallest absolute Gasteiger partial charge is 0.344 e. The zero-order valence-corrected chi connectivity index (χ0v) is 17.3. The van der Waals surface area contributed by atoms with E-state index in [1.807, 2.05) is 13.0 Å². The summed E-state index contributed by atoms with van der Waals surface area (Å²) in [5.74, 6) is -0.381. The Balaban J connectivity index is 1.68. The Morgan fingerprint density at radius 1 is 1.03 bits per heavy atom. The van der Waals surface area contributed by atoms with E-state index in [4.69, 9.17) is 4.74 Å². The molecule has 0 aromatic heterocycles. The maximum atomic E-state index is 13.1. The number of imide groups is 1. The molecule has 30 heavy (non-hydrogen) atoms. The van der Waals surface area contributed by atoms with Crippen LogP contribution in [0.5, 0.6) is 5.75 Å². The lowest BCUT2D eigenvalue weighted by Gasteiger charge is -2.25. The number of hydrogen-bond acceptors (Lipinski definition) is 4. The Hall–Kier alpha value is -3.35. The van der Waals surface area contributed by atoms with Gasteiger partial charge in [-0.05, 0) is 42.7 Å². The lowest BCUT2D eigenvalue weighted by atomic mass is 9.87. The maximum absolute atomic E-state index is 13.1. The number of hydrogen-bond donors (Lipinski definition) is 2. The van der Waals surface area contributed by atoms with Gasteiger partial charge in [0.1, 0.15) is 11.3 Å². The maximum Gasteiger partial charge on any atom is 0.344 e. The van der Waals surface area contributed by atoms with Crippen LogP contribution in [-0.2, 0) is 10.3 Å². The van der Waals surface area contributed by atoms with Gasteiger partial charge in [-0.3, -0.25) is 15.0 Å². The number of unbranched alkanes of at least 4 members (excludes halogenated alkanes) is 2. The fourth-order valence-corrected chi connectivity index (χ4v) is 3.45. The number of nitrogens with zero attached hydrogens (tertiary/aromatic N) is 1. The molecule has 2 aromatic rings. The third-order valence-electron chi connectivity index (χ3n) is 5.23. The minimum absolute atomic E-state index is 0.324. The van der Waals surface area contributed by atoms with Gasteiger partial charge in [0, 0.05) is 5.56 Å². The number of carbonyl (C=O) groups is 3. The highest BCUT2D eigenvalue weighted by Gasteiger charge is 2.52. The van der Waals surface area contributed by atoms with Gasteiger partial charge in [-0.1, -0.05) is 57.0 Å². The minimum atomic E-state index is -1.19. The second-order valence-corrected chi connectivity index (χ2v) is 7.22. The summed E-state index contributed by atoms with van der Waals surface area (Å²) in [6, 6.07) is 15.0. The molecule has 0 bridgehead atoms. The van der Waals surface area contributed by atoms with E-state index in [0.717, 1.165) is 24.3 Å². The van der Waals surface area contributed by atoms with Gasteiger partial charge >= 0.3 is 6.03 Å². The number of amides is 4. The van der Waals surface area contributed by atoms with Gasteiger partial charge in [0.15, 0.2) is 0 Å². The van der Waals surface area contributed by atoms with Crippen LogP contribution in [0, 0.1) is 0 Å². The van der Waals surface area contributed by atoms with Crippen molar-refractivity contribution in [2.45, 2.75) is 45.1 Å². The van der Waals surface area contributed by atoms with Crippen LogP contribution in [0.2, 0.25) is 0 Å². The first-order valence-corrected chi connectivity index (χ1v) is 10.3. The predicted octanol–water partition coefficient (Wildman–Crippen LogP) is 3.76. The number of benzene rings is 2. The van der Waals surface area contributed by atoms with Crippen LogP contribution in [0.15, 0.2) is 54.6 Å². The SMILES string of the molecule is CCCCCOc1ccc(C(=O)NN2C(=O)N[C@@](CC)(c3ccccc3)C2=O)cc1. The molecule has 7 heteroatoms. The third-order valence-corrected chi connectivity index (χ3v) is 5.23. The number of ether oxygens (including phenoxy) is 1. The quantitative estimate of drug-likeness (QED) is 0.488. The molecule has 0 spiro atoms. The van der Waals surface area contributed by atoms with Crippen molar-refractivity contribution >= 4 is 17.8 Å². The van der Waals surface area contributed by atoms with Crippen LogP contribution in [0.4, 0.5) is 4.79 Å². The van der Waals surface area contributed by atoms with Gasteiger partial charge in [-0.2, -0.15) is 5.01 Å². The lowest BCUT2D eigenvalue weighted by molar-refractivity contribution is -0.133. The topological polar surface area (TPSA) is 87.7 Å². The zero-order chi connectivity index (χ0) is 21.6. The van der Waals surface area contributed by atoms with Crippen molar-refractivity contribution in [2.75, 3.05) is 6.61 Å². The van der Waals surface area contributed by atoms with E-state index in [1.165, 1.54) is 0 Å². The van der Waals surface area contributed by atoms with Gasteiger partial charge in [0.2, 0.25) is 0 Å². The van der Waals surface area contributed by atoms with Crippen LogP contribution in [0.3, 0.4) is 0 Å². The largest absolute Gasteiger partial charge is 0.494 e. The highest BCUT2D eigenvalue weighted by atomic mass is 16.5. The van der Waals surface area contributed by atoms with E-state index in [1.54, 1.807) is 48.5 Å². The van der Waals surface area contributed by atoms with Crippen molar-refractivity contribution in [2.24, 2.45) is 0 Å². The number of nitrogens with one attached hydrogen (secondary N) is 2. The zero-order valence-electron chi connectivity index (χ0n) is 17.3. The molecule has 2 aromatic carbocycles. The lowest BCUT2D eigenvalue weighted by Crippen LogP contribution is -2.48. The van der Waals surface area contributed by atoms with Crippen molar-refractivity contribution in [3.8, 4) is 5.75 Å². The molecular formula is C23H27N3O4. The van der Waals surface area contributed by atoms with Gasteiger partial charge in [-0.25, -0.2) is 4.79 Å². The van der Waals surface area contributed by atoms with Crippen LogP contribution in [0.1, 0.15) is 55.5 Å². The van der Waals surface area contributed by atoms with Crippen molar-refractivity contribution in [1.29, 1.82) is 0 Å². The van der Waals surface area contributed by atoms with Crippen LogP contribution >= 0.6 is 0 Å². The molecule has 2 N–H and O–H groups in total. The Morgan fingerprint density at radius 2 is 1.73 bits per heavy atom. The molecule has 0 saturated carbocycles. The Kier molecular flexibility index (Phi) is 6.72. The molecule has 158 valence electrons. The van der Waals surface area contributed by atoms with Crippen molar-refractivity contribution < 1.29 is 19.1 Å². The molecule has 4 amide bonds. The standard InChI is InChI=1S/C23H27N3O4/c1-3-5-9-16-30-19-14-12-17(13-15-19)20(27)25-26-21(28)23(4-2,24-22(26)29)18-10-7-6-8-11-18/h6-8,10-15H,3-5,9,16H2,1-2H3,(H,24,29)(H,25,27)/t23-/m0/s1. The summed E-state index contributed by atoms with van der Waals surface area (Å²) in [5.41, 5.74) is 2.23. The molecule has 1 saturated heterocycles. The van der Waals surface area contributed by atoms with E-state index in [9.17, 15) is 14.4 Å². The van der Waals surface area contributed by atoms with E-state index >= 15 is 0 Å². The van der Waals surface area contributed by atoms with Gasteiger partial charge < -0.3 is 10.1 Å². The first-order chi connectivity index (χ1) is 14.5. The fourth-order valence-electron chi connectivity index (χ4n) is 3.45. The summed E-state index contributed by atoms with van der Waals surface area (Å²) >= 11 is 0. The Bertz CT molecular complexity index is 898. The fraction of sp³-hybridized carbons (Fsp3) is 0.348. The summed E-state index contributed by atoms with van der Waals surface area (Å²) in [6.07, 6.45) is 3.56. The summed E-state index contributed by atoms with van der Waals surface area (Å²) in [5, 5.41) is 3.49. The molecule has 1 aliphatic heterocycles. The van der Waals surface area contributed by atoms with Gasteiger partial charge in [0.05, 0.1) is 6.61 Å². The molecular weight excluding hydrogens is 382 g/mol. The monoisotopic (exact) mass is 409 g/mol. The second kappa shape index (κ2) is 9.43. The Labute approximate surface area is 176 Å². The Morgan fingerprint density at radius 3 is 2.37 bits per heavy atom. The van der Waals surface area contributed by atoms with Crippen molar-refractivity contribution in [3.63, 3.8) is 0 Å². The third kappa shape index (κ3) is 4.30. The second-order valence-electron chi connectivity index (χ2n) is 7.22. The molecule has 1 heterocycles. The average molecular weight is 409 g/mol. The molecule has 7 nitrogen and oxygen atoms in total. The van der Waals surface area contributed by atoms with E-state index in [2.05, 4.69) is 17.7 Å². The average Bonchev–Trinajstić information content (AvgIpc) is 3.03. The number of rotatable bonds is 9. The summed E-state index contributed by atoms with van der Waals surface area (Å²) < 4.78 is 5.64. The number of hydrazine groups is 1. The molecule has 0 unspecified atom stereocenters. The minimum Gasteiger partial charge on any atom is -0.494 e. The van der Waals surface area contributed by atoms with E-state index in [0.29, 0.717) is 29.9 Å². The highest BCUT2D eigenvalue weighted by Crippen LogP contribution is 2.31.